The zero-order valence-electron chi connectivity index (χ0n) is 10.6. The second-order valence-corrected chi connectivity index (χ2v) is 4.06. The fourth-order valence-electron chi connectivity index (χ4n) is 1.80. The second-order valence-electron chi connectivity index (χ2n) is 4.06. The normalized spacial score (nSPS) is 10.6. The molecule has 1 aromatic heterocycles. The zero-order chi connectivity index (χ0) is 13.0. The Labute approximate surface area is 106 Å². The van der Waals surface area contributed by atoms with Gasteiger partial charge in [0.15, 0.2) is 0 Å². The van der Waals surface area contributed by atoms with Gasteiger partial charge in [-0.05, 0) is 19.1 Å². The van der Waals surface area contributed by atoms with Crippen molar-refractivity contribution in [2.24, 2.45) is 0 Å². The summed E-state index contributed by atoms with van der Waals surface area (Å²) >= 11 is 0. The van der Waals surface area contributed by atoms with Crippen LogP contribution in [0, 0.1) is 6.92 Å². The number of hydrogen-bond donors (Lipinski definition) is 1. The summed E-state index contributed by atoms with van der Waals surface area (Å²) in [5.41, 5.74) is 2.26. The number of rotatable bonds is 4. The van der Waals surface area contributed by atoms with Gasteiger partial charge in [-0.25, -0.2) is 0 Å². The van der Waals surface area contributed by atoms with Gasteiger partial charge in [0, 0.05) is 19.0 Å². The van der Waals surface area contributed by atoms with Gasteiger partial charge in [0.25, 0.3) is 5.91 Å². The second kappa shape index (κ2) is 5.60. The minimum absolute atomic E-state index is 0.109. The van der Waals surface area contributed by atoms with Crippen LogP contribution in [0.25, 0.3) is 10.9 Å². The van der Waals surface area contributed by atoms with Crippen LogP contribution in [0.2, 0.25) is 0 Å². The molecule has 0 fully saturated rings. The first kappa shape index (κ1) is 12.5. The highest BCUT2D eigenvalue weighted by atomic mass is 16.5. The van der Waals surface area contributed by atoms with E-state index in [0.29, 0.717) is 18.7 Å². The number of para-hydroxylation sites is 1. The molecule has 1 amide bonds. The van der Waals surface area contributed by atoms with Gasteiger partial charge in [0.1, 0.15) is 0 Å². The lowest BCUT2D eigenvalue weighted by Crippen LogP contribution is -2.27. The fraction of sp³-hybridized carbons (Fsp3) is 0.286. The standard InChI is InChI=1S/C14H16N2O2/c1-10-12(14(17)15-7-8-18-2)9-11-5-3-4-6-13(11)16-10/h3-6,9H,7-8H2,1-2H3,(H,15,17). The van der Waals surface area contributed by atoms with Crippen molar-refractivity contribution in [1.82, 2.24) is 10.3 Å². The number of carbonyl (C=O) groups is 1. The molecule has 2 aromatic rings. The van der Waals surface area contributed by atoms with E-state index in [4.69, 9.17) is 4.74 Å². The van der Waals surface area contributed by atoms with E-state index in [1.165, 1.54) is 0 Å². The largest absolute Gasteiger partial charge is 0.383 e. The lowest BCUT2D eigenvalue weighted by Gasteiger charge is -2.08. The Bertz CT molecular complexity index is 567. The zero-order valence-corrected chi connectivity index (χ0v) is 10.6. The molecule has 1 N–H and O–H groups in total. The summed E-state index contributed by atoms with van der Waals surface area (Å²) < 4.78 is 4.90. The molecule has 0 aliphatic heterocycles. The van der Waals surface area contributed by atoms with Crippen molar-refractivity contribution in [1.29, 1.82) is 0 Å². The molecule has 4 nitrogen and oxygen atoms in total. The first-order chi connectivity index (χ1) is 8.72. The summed E-state index contributed by atoms with van der Waals surface area (Å²) in [6, 6.07) is 9.64. The number of carbonyl (C=O) groups excluding carboxylic acids is 1. The Hall–Kier alpha value is -1.94. The van der Waals surface area contributed by atoms with Crippen molar-refractivity contribution in [2.75, 3.05) is 20.3 Å². The molecule has 0 unspecified atom stereocenters. The minimum Gasteiger partial charge on any atom is -0.383 e. The van der Waals surface area contributed by atoms with Crippen LogP contribution in [0.15, 0.2) is 30.3 Å². The van der Waals surface area contributed by atoms with E-state index in [1.807, 2.05) is 37.3 Å². The summed E-state index contributed by atoms with van der Waals surface area (Å²) in [4.78, 5) is 16.4. The van der Waals surface area contributed by atoms with Crippen LogP contribution in [0.3, 0.4) is 0 Å². The van der Waals surface area contributed by atoms with Gasteiger partial charge < -0.3 is 10.1 Å². The van der Waals surface area contributed by atoms with Crippen LogP contribution in [0.4, 0.5) is 0 Å². The topological polar surface area (TPSA) is 51.2 Å². The molecule has 4 heteroatoms. The monoisotopic (exact) mass is 244 g/mol. The number of amides is 1. The molecule has 0 saturated carbocycles. The first-order valence-corrected chi connectivity index (χ1v) is 5.86. The molecule has 0 saturated heterocycles. The van der Waals surface area contributed by atoms with Gasteiger partial charge in [-0.15, -0.1) is 0 Å². The van der Waals surface area contributed by atoms with Crippen molar-refractivity contribution in [3.05, 3.63) is 41.6 Å². The average molecular weight is 244 g/mol. The lowest BCUT2D eigenvalue weighted by atomic mass is 10.1. The third-order valence-electron chi connectivity index (χ3n) is 2.75. The summed E-state index contributed by atoms with van der Waals surface area (Å²) in [6.45, 7) is 2.85. The van der Waals surface area contributed by atoms with Crippen molar-refractivity contribution in [3.8, 4) is 0 Å². The van der Waals surface area contributed by atoms with Crippen LogP contribution in [-0.4, -0.2) is 31.2 Å². The van der Waals surface area contributed by atoms with Gasteiger partial charge in [0.05, 0.1) is 23.4 Å². The Morgan fingerprint density at radius 1 is 1.39 bits per heavy atom. The maximum Gasteiger partial charge on any atom is 0.253 e. The number of ether oxygens (including phenoxy) is 1. The van der Waals surface area contributed by atoms with E-state index in [1.54, 1.807) is 7.11 Å². The predicted octanol–water partition coefficient (Wildman–Crippen LogP) is 1.92. The third-order valence-corrected chi connectivity index (χ3v) is 2.75. The van der Waals surface area contributed by atoms with Crippen LogP contribution < -0.4 is 5.32 Å². The summed E-state index contributed by atoms with van der Waals surface area (Å²) in [5.74, 6) is -0.109. The number of nitrogens with one attached hydrogen (secondary N) is 1. The number of hydrogen-bond acceptors (Lipinski definition) is 3. The minimum atomic E-state index is -0.109. The van der Waals surface area contributed by atoms with E-state index in [9.17, 15) is 4.79 Å². The molecule has 94 valence electrons. The number of benzene rings is 1. The van der Waals surface area contributed by atoms with E-state index in [0.717, 1.165) is 16.6 Å². The summed E-state index contributed by atoms with van der Waals surface area (Å²) in [7, 11) is 1.61. The molecule has 2 rings (SSSR count). The van der Waals surface area contributed by atoms with E-state index >= 15 is 0 Å². The van der Waals surface area contributed by atoms with Gasteiger partial charge in [-0.3, -0.25) is 9.78 Å². The summed E-state index contributed by atoms with van der Waals surface area (Å²) in [6.07, 6.45) is 0. The molecule has 0 spiro atoms. The van der Waals surface area contributed by atoms with Gasteiger partial charge in [-0.2, -0.15) is 0 Å². The molecule has 0 radical (unpaired) electrons. The highest BCUT2D eigenvalue weighted by Gasteiger charge is 2.10. The van der Waals surface area contributed by atoms with Gasteiger partial charge >= 0.3 is 0 Å². The molecule has 1 heterocycles. The van der Waals surface area contributed by atoms with Crippen LogP contribution >= 0.6 is 0 Å². The first-order valence-electron chi connectivity index (χ1n) is 5.86. The fourth-order valence-corrected chi connectivity index (χ4v) is 1.80. The Morgan fingerprint density at radius 2 is 2.17 bits per heavy atom. The average Bonchev–Trinajstić information content (AvgIpc) is 2.38. The van der Waals surface area contributed by atoms with Crippen LogP contribution in [-0.2, 0) is 4.74 Å². The number of aryl methyl sites for hydroxylation is 1. The third kappa shape index (κ3) is 2.65. The predicted molar refractivity (Wildman–Crippen MR) is 70.7 cm³/mol. The summed E-state index contributed by atoms with van der Waals surface area (Å²) in [5, 5.41) is 3.77. The van der Waals surface area contributed by atoms with Crippen molar-refractivity contribution >= 4 is 16.8 Å². The number of methoxy groups -OCH3 is 1. The van der Waals surface area contributed by atoms with Crippen molar-refractivity contribution in [2.45, 2.75) is 6.92 Å². The van der Waals surface area contributed by atoms with E-state index in [2.05, 4.69) is 10.3 Å². The highest BCUT2D eigenvalue weighted by molar-refractivity contribution is 5.98. The SMILES string of the molecule is COCCNC(=O)c1cc2ccccc2nc1C. The molecule has 18 heavy (non-hydrogen) atoms. The maximum absolute atomic E-state index is 12.0. The van der Waals surface area contributed by atoms with E-state index < -0.39 is 0 Å². The molecular weight excluding hydrogens is 228 g/mol. The smallest absolute Gasteiger partial charge is 0.253 e. The Balaban J connectivity index is 2.27. The van der Waals surface area contributed by atoms with Crippen LogP contribution in [0.1, 0.15) is 16.1 Å². The van der Waals surface area contributed by atoms with Crippen molar-refractivity contribution < 1.29 is 9.53 Å². The van der Waals surface area contributed by atoms with Crippen LogP contribution in [0.5, 0.6) is 0 Å². The van der Waals surface area contributed by atoms with Gasteiger partial charge in [0.2, 0.25) is 0 Å². The molecule has 0 aliphatic rings. The Morgan fingerprint density at radius 3 is 2.94 bits per heavy atom. The Kier molecular flexibility index (Phi) is 3.89. The van der Waals surface area contributed by atoms with Gasteiger partial charge in [-0.1, -0.05) is 18.2 Å². The molecule has 1 aromatic carbocycles. The number of aromatic nitrogens is 1. The molecular formula is C14H16N2O2. The maximum atomic E-state index is 12.0. The molecule has 0 atom stereocenters. The number of fused-ring (bicyclic) bond motifs is 1. The van der Waals surface area contributed by atoms with E-state index in [-0.39, 0.29) is 5.91 Å². The quantitative estimate of drug-likeness (QED) is 0.836. The number of nitrogens with zero attached hydrogens (tertiary/aromatic N) is 1. The van der Waals surface area contributed by atoms with Crippen molar-refractivity contribution in [3.63, 3.8) is 0 Å². The number of pyridine rings is 1. The highest BCUT2D eigenvalue weighted by Crippen LogP contribution is 2.16. The molecule has 0 bridgehead atoms. The molecule has 0 aliphatic carbocycles. The lowest BCUT2D eigenvalue weighted by molar-refractivity contribution is 0.0936.